The largest absolute Gasteiger partial charge is 0.460 e. The molecule has 3 rings (SSSR count). The maximum absolute atomic E-state index is 13.2. The van der Waals surface area contributed by atoms with Crippen molar-refractivity contribution in [3.63, 3.8) is 0 Å². The van der Waals surface area contributed by atoms with Gasteiger partial charge in [-0.2, -0.15) is 13.2 Å². The number of thiocarbonyl (C=S) groups is 1. The number of rotatable bonds is 5. The molecule has 1 saturated heterocycles. The summed E-state index contributed by atoms with van der Waals surface area (Å²) in [6.07, 6.45) is -3.73. The summed E-state index contributed by atoms with van der Waals surface area (Å²) in [6, 6.07) is 14.7. The highest BCUT2D eigenvalue weighted by Gasteiger charge is 2.33. The molecule has 2 aromatic rings. The Hall–Kier alpha value is -2.65. The predicted molar refractivity (Wildman–Crippen MR) is 117 cm³/mol. The number of alkyl halides is 3. The molecule has 1 aliphatic rings. The minimum atomic E-state index is -4.46. The van der Waals surface area contributed by atoms with Gasteiger partial charge in [0.2, 0.25) is 0 Å². The molecule has 1 N–H and O–H groups in total. The van der Waals surface area contributed by atoms with Crippen molar-refractivity contribution in [2.24, 2.45) is 0 Å². The van der Waals surface area contributed by atoms with E-state index in [-0.39, 0.29) is 29.9 Å². The van der Waals surface area contributed by atoms with Crippen LogP contribution in [0.5, 0.6) is 0 Å². The number of benzene rings is 2. The number of para-hydroxylation sites is 1. The molecular formula is C22H24F3N3O2S. The van der Waals surface area contributed by atoms with Gasteiger partial charge in [-0.05, 0) is 36.3 Å². The third-order valence-electron chi connectivity index (χ3n) is 4.95. The lowest BCUT2D eigenvalue weighted by Gasteiger charge is -2.25. The highest BCUT2D eigenvalue weighted by atomic mass is 32.1. The molecule has 31 heavy (non-hydrogen) atoms. The van der Waals surface area contributed by atoms with Gasteiger partial charge in [-0.15, -0.1) is 0 Å². The number of anilines is 1. The summed E-state index contributed by atoms with van der Waals surface area (Å²) in [7, 11) is 0. The molecule has 0 atom stereocenters. The third kappa shape index (κ3) is 6.93. The zero-order chi connectivity index (χ0) is 22.3. The number of nitrogens with zero attached hydrogens (tertiary/aromatic N) is 2. The Morgan fingerprint density at radius 2 is 1.71 bits per heavy atom. The molecule has 2 aromatic carbocycles. The van der Waals surface area contributed by atoms with Crippen molar-refractivity contribution >= 4 is 29.0 Å². The smallest absolute Gasteiger partial charge is 0.418 e. The van der Waals surface area contributed by atoms with Gasteiger partial charge < -0.3 is 15.0 Å². The second-order valence-electron chi connectivity index (χ2n) is 7.24. The monoisotopic (exact) mass is 451 g/mol. The Labute approximate surface area is 184 Å². The summed E-state index contributed by atoms with van der Waals surface area (Å²) in [5, 5.41) is 2.98. The number of ether oxygens (including phenoxy) is 1. The Morgan fingerprint density at radius 1 is 1.00 bits per heavy atom. The number of hydrogen-bond acceptors (Lipinski definition) is 4. The van der Waals surface area contributed by atoms with Crippen molar-refractivity contribution in [1.82, 2.24) is 9.80 Å². The standard InChI is InChI=1S/C22H24F3N3O2S/c23-22(24,25)18-9-4-5-10-19(18)26-21(31)28-12-6-11-27(13-14-28)15-20(29)30-16-17-7-2-1-3-8-17/h1-5,7-10H,6,11-16H2,(H,26,31). The molecule has 9 heteroatoms. The minimum Gasteiger partial charge on any atom is -0.460 e. The molecule has 5 nitrogen and oxygen atoms in total. The van der Waals surface area contributed by atoms with Gasteiger partial charge in [-0.1, -0.05) is 42.5 Å². The van der Waals surface area contributed by atoms with Crippen LogP contribution in [-0.4, -0.2) is 53.6 Å². The van der Waals surface area contributed by atoms with E-state index in [0.717, 1.165) is 18.1 Å². The minimum absolute atomic E-state index is 0.0643. The van der Waals surface area contributed by atoms with Crippen molar-refractivity contribution in [2.75, 3.05) is 38.0 Å². The van der Waals surface area contributed by atoms with Crippen molar-refractivity contribution in [2.45, 2.75) is 19.2 Å². The van der Waals surface area contributed by atoms with Crippen molar-refractivity contribution < 1.29 is 22.7 Å². The summed E-state index contributed by atoms with van der Waals surface area (Å²) in [5.41, 5.74) is 0.106. The average molecular weight is 452 g/mol. The Morgan fingerprint density at radius 3 is 2.45 bits per heavy atom. The van der Waals surface area contributed by atoms with Gasteiger partial charge in [0.25, 0.3) is 0 Å². The molecule has 1 aliphatic heterocycles. The van der Waals surface area contributed by atoms with E-state index in [1.807, 2.05) is 40.1 Å². The van der Waals surface area contributed by atoms with E-state index < -0.39 is 11.7 Å². The van der Waals surface area contributed by atoms with Gasteiger partial charge in [0.15, 0.2) is 5.11 Å². The highest BCUT2D eigenvalue weighted by Crippen LogP contribution is 2.34. The second-order valence-corrected chi connectivity index (χ2v) is 7.62. The molecule has 0 saturated carbocycles. The van der Waals surface area contributed by atoms with Gasteiger partial charge in [0.1, 0.15) is 6.61 Å². The van der Waals surface area contributed by atoms with Crippen LogP contribution in [0.1, 0.15) is 17.5 Å². The molecule has 0 unspecified atom stereocenters. The SMILES string of the molecule is O=C(CN1CCCN(C(=S)Nc2ccccc2C(F)(F)F)CC1)OCc1ccccc1. The van der Waals surface area contributed by atoms with E-state index in [9.17, 15) is 18.0 Å². The molecule has 0 bridgehead atoms. The highest BCUT2D eigenvalue weighted by molar-refractivity contribution is 7.80. The van der Waals surface area contributed by atoms with Crippen LogP contribution in [0.4, 0.5) is 18.9 Å². The van der Waals surface area contributed by atoms with E-state index in [1.165, 1.54) is 18.2 Å². The molecule has 1 fully saturated rings. The number of nitrogens with one attached hydrogen (secondary N) is 1. The number of halogens is 3. The molecule has 0 spiro atoms. The molecule has 0 radical (unpaired) electrons. The first kappa shape index (κ1) is 23.0. The van der Waals surface area contributed by atoms with Gasteiger partial charge in [-0.25, -0.2) is 0 Å². The number of carbonyl (C=O) groups is 1. The molecule has 166 valence electrons. The molecule has 0 amide bonds. The fourth-order valence-corrected chi connectivity index (χ4v) is 3.62. The van der Waals surface area contributed by atoms with Crippen molar-refractivity contribution in [3.8, 4) is 0 Å². The third-order valence-corrected chi connectivity index (χ3v) is 5.31. The first-order valence-electron chi connectivity index (χ1n) is 9.97. The van der Waals surface area contributed by atoms with Crippen LogP contribution in [0.25, 0.3) is 0 Å². The lowest BCUT2D eigenvalue weighted by atomic mass is 10.1. The normalized spacial score (nSPS) is 15.3. The van der Waals surface area contributed by atoms with Gasteiger partial charge >= 0.3 is 12.1 Å². The molecule has 0 aliphatic carbocycles. The first-order chi connectivity index (χ1) is 14.8. The number of carbonyl (C=O) groups excluding carboxylic acids is 1. The van der Waals surface area contributed by atoms with Gasteiger partial charge in [-0.3, -0.25) is 9.69 Å². The summed E-state index contributed by atoms with van der Waals surface area (Å²) in [5.74, 6) is -0.308. The fraction of sp³-hybridized carbons (Fsp3) is 0.364. The van der Waals surface area contributed by atoms with Gasteiger partial charge in [0.05, 0.1) is 17.8 Å². The van der Waals surface area contributed by atoms with Crippen molar-refractivity contribution in [3.05, 3.63) is 65.7 Å². The second kappa shape index (κ2) is 10.6. The quantitative estimate of drug-likeness (QED) is 0.544. The van der Waals surface area contributed by atoms with E-state index >= 15 is 0 Å². The van der Waals surface area contributed by atoms with E-state index in [1.54, 1.807) is 0 Å². The maximum atomic E-state index is 13.2. The van der Waals surface area contributed by atoms with Crippen molar-refractivity contribution in [1.29, 1.82) is 0 Å². The number of esters is 1. The predicted octanol–water partition coefficient (Wildman–Crippen LogP) is 4.15. The van der Waals surface area contributed by atoms with Crippen LogP contribution in [0.3, 0.4) is 0 Å². The van der Waals surface area contributed by atoms with Crippen LogP contribution in [0, 0.1) is 0 Å². The van der Waals surface area contributed by atoms with Crippen LogP contribution >= 0.6 is 12.2 Å². The average Bonchev–Trinajstić information content (AvgIpc) is 2.98. The Bertz CT molecular complexity index is 893. The van der Waals surface area contributed by atoms with E-state index in [2.05, 4.69) is 5.32 Å². The van der Waals surface area contributed by atoms with Crippen LogP contribution in [-0.2, 0) is 22.3 Å². The first-order valence-corrected chi connectivity index (χ1v) is 10.4. The van der Waals surface area contributed by atoms with E-state index in [0.29, 0.717) is 26.2 Å². The maximum Gasteiger partial charge on any atom is 0.418 e. The van der Waals surface area contributed by atoms with Crippen LogP contribution in [0.2, 0.25) is 0 Å². The summed E-state index contributed by atoms with van der Waals surface area (Å²) in [4.78, 5) is 16.0. The van der Waals surface area contributed by atoms with Crippen LogP contribution < -0.4 is 5.32 Å². The molecule has 1 heterocycles. The Balaban J connectivity index is 1.49. The summed E-state index contributed by atoms with van der Waals surface area (Å²) >= 11 is 5.36. The topological polar surface area (TPSA) is 44.8 Å². The van der Waals surface area contributed by atoms with Gasteiger partial charge in [0, 0.05) is 26.2 Å². The van der Waals surface area contributed by atoms with Crippen LogP contribution in [0.15, 0.2) is 54.6 Å². The zero-order valence-corrected chi connectivity index (χ0v) is 17.7. The zero-order valence-electron chi connectivity index (χ0n) is 16.9. The lowest BCUT2D eigenvalue weighted by Crippen LogP contribution is -2.39. The lowest BCUT2D eigenvalue weighted by molar-refractivity contribution is -0.146. The summed E-state index contributed by atoms with van der Waals surface area (Å²) < 4.78 is 44.9. The molecule has 0 aromatic heterocycles. The fourth-order valence-electron chi connectivity index (χ4n) is 3.33. The summed E-state index contributed by atoms with van der Waals surface area (Å²) in [6.45, 7) is 2.73. The number of hydrogen-bond donors (Lipinski definition) is 1. The van der Waals surface area contributed by atoms with E-state index in [4.69, 9.17) is 17.0 Å². The Kier molecular flexibility index (Phi) is 7.86. The molecular weight excluding hydrogens is 427 g/mol.